The van der Waals surface area contributed by atoms with Crippen LogP contribution in [-0.2, 0) is 23.9 Å². The number of ether oxygens (including phenoxy) is 1. The van der Waals surface area contributed by atoms with E-state index in [1.165, 1.54) is 0 Å². The second-order valence-corrected chi connectivity index (χ2v) is 7.25. The summed E-state index contributed by atoms with van der Waals surface area (Å²) in [7, 11) is 0. The first-order valence-corrected chi connectivity index (χ1v) is 8.57. The largest absolute Gasteiger partial charge is 0.460 e. The molecule has 0 unspecified atom stereocenters. The van der Waals surface area contributed by atoms with E-state index in [-0.39, 0.29) is 19.4 Å². The topological polar surface area (TPSA) is 101 Å². The summed E-state index contributed by atoms with van der Waals surface area (Å²) in [6.45, 7) is 8.44. The van der Waals surface area contributed by atoms with E-state index >= 15 is 0 Å². The molecule has 0 aromatic carbocycles. The minimum absolute atomic E-state index is 0.0109. The number of ketones is 1. The number of hydrogen-bond acceptors (Lipinski definition) is 6. The summed E-state index contributed by atoms with van der Waals surface area (Å²) in [5.41, 5.74) is 0.0266. The minimum Gasteiger partial charge on any atom is -0.460 e. The molecule has 144 valence electrons. The molecule has 1 aliphatic rings. The van der Waals surface area contributed by atoms with Crippen molar-refractivity contribution >= 4 is 23.6 Å². The van der Waals surface area contributed by atoms with Crippen LogP contribution in [0.4, 0.5) is 0 Å². The molecule has 0 spiro atoms. The third kappa shape index (κ3) is 6.22. The lowest BCUT2D eigenvalue weighted by molar-refractivity contribution is -0.156. The molecule has 1 heterocycles. The Labute approximate surface area is 153 Å². The molecular weight excluding hydrogens is 338 g/mol. The number of imide groups is 1. The first-order valence-electron chi connectivity index (χ1n) is 8.57. The van der Waals surface area contributed by atoms with Crippen LogP contribution in [0.5, 0.6) is 0 Å². The number of esters is 1. The number of aliphatic hydroxyl groups is 1. The fraction of sp³-hybridized carbons (Fsp3) is 0.579. The Morgan fingerprint density at radius 1 is 1.23 bits per heavy atom. The summed E-state index contributed by atoms with van der Waals surface area (Å²) in [4.78, 5) is 48.8. The molecule has 0 fully saturated rings. The summed E-state index contributed by atoms with van der Waals surface area (Å²) in [6, 6.07) is 0. The normalized spacial score (nSPS) is 16.6. The summed E-state index contributed by atoms with van der Waals surface area (Å²) in [5.74, 6) is -1.89. The summed E-state index contributed by atoms with van der Waals surface area (Å²) >= 11 is 0. The average molecular weight is 365 g/mol. The number of nitrogens with zero attached hydrogens (tertiary/aromatic N) is 1. The van der Waals surface area contributed by atoms with Gasteiger partial charge in [-0.05, 0) is 41.0 Å². The van der Waals surface area contributed by atoms with E-state index in [1.54, 1.807) is 46.8 Å². The Kier molecular flexibility index (Phi) is 7.44. The molecule has 0 saturated heterocycles. The lowest BCUT2D eigenvalue weighted by Gasteiger charge is -2.19. The molecule has 0 radical (unpaired) electrons. The molecule has 1 atom stereocenters. The Balaban J connectivity index is 2.49. The molecule has 1 aliphatic heterocycles. The van der Waals surface area contributed by atoms with Gasteiger partial charge in [0.2, 0.25) is 0 Å². The van der Waals surface area contributed by atoms with E-state index in [2.05, 4.69) is 0 Å². The molecule has 0 aromatic rings. The van der Waals surface area contributed by atoms with E-state index in [1.807, 2.05) is 0 Å². The van der Waals surface area contributed by atoms with Gasteiger partial charge in [-0.2, -0.15) is 0 Å². The zero-order chi connectivity index (χ0) is 20.1. The Morgan fingerprint density at radius 3 is 2.38 bits per heavy atom. The predicted molar refractivity (Wildman–Crippen MR) is 94.9 cm³/mol. The van der Waals surface area contributed by atoms with Crippen LogP contribution in [-0.4, -0.2) is 51.8 Å². The first kappa shape index (κ1) is 21.8. The minimum atomic E-state index is -1.04. The molecular formula is C19H27NO6. The number of amides is 2. The number of allylic oxidation sites excluding steroid dienone is 1. The fourth-order valence-electron chi connectivity index (χ4n) is 2.54. The molecule has 1 rings (SSSR count). The van der Waals surface area contributed by atoms with E-state index in [4.69, 9.17) is 4.74 Å². The van der Waals surface area contributed by atoms with Crippen molar-refractivity contribution in [3.05, 3.63) is 23.3 Å². The van der Waals surface area contributed by atoms with Crippen LogP contribution in [0.2, 0.25) is 0 Å². The van der Waals surface area contributed by atoms with E-state index in [0.717, 1.165) is 4.90 Å². The molecule has 26 heavy (non-hydrogen) atoms. The lowest BCUT2D eigenvalue weighted by Crippen LogP contribution is -2.34. The fourth-order valence-corrected chi connectivity index (χ4v) is 2.54. The zero-order valence-electron chi connectivity index (χ0n) is 16.0. The number of carbonyl (C=O) groups is 4. The van der Waals surface area contributed by atoms with Crippen molar-refractivity contribution in [3.63, 3.8) is 0 Å². The molecule has 0 aliphatic carbocycles. The average Bonchev–Trinajstić information content (AvgIpc) is 2.67. The number of Topliss-reactive ketones (excluding diaryl/α,β-unsaturated/α-hetero) is 1. The Bertz CT molecular complexity index is 653. The highest BCUT2D eigenvalue weighted by atomic mass is 16.6. The highest BCUT2D eigenvalue weighted by Gasteiger charge is 2.34. The van der Waals surface area contributed by atoms with Gasteiger partial charge in [0.15, 0.2) is 0 Å². The number of rotatable bonds is 8. The van der Waals surface area contributed by atoms with Crippen molar-refractivity contribution in [3.8, 4) is 0 Å². The third-order valence-electron chi connectivity index (χ3n) is 3.69. The second-order valence-electron chi connectivity index (χ2n) is 7.25. The smallest absolute Gasteiger partial charge is 0.313 e. The summed E-state index contributed by atoms with van der Waals surface area (Å²) in [5, 5.41) is 9.98. The van der Waals surface area contributed by atoms with Crippen molar-refractivity contribution in [1.29, 1.82) is 0 Å². The molecule has 1 N–H and O–H groups in total. The maximum Gasteiger partial charge on any atom is 0.313 e. The van der Waals surface area contributed by atoms with Crippen molar-refractivity contribution in [2.45, 2.75) is 65.6 Å². The molecule has 7 nitrogen and oxygen atoms in total. The number of aliphatic hydroxyl groups excluding tert-OH is 1. The van der Waals surface area contributed by atoms with E-state index in [9.17, 15) is 24.3 Å². The van der Waals surface area contributed by atoms with Crippen molar-refractivity contribution in [2.24, 2.45) is 0 Å². The number of hydrogen-bond donors (Lipinski definition) is 1. The van der Waals surface area contributed by atoms with Gasteiger partial charge < -0.3 is 9.84 Å². The first-order chi connectivity index (χ1) is 12.0. The van der Waals surface area contributed by atoms with Crippen LogP contribution in [0.25, 0.3) is 0 Å². The molecule has 7 heteroatoms. The standard InChI is InChI=1S/C19H27NO6/c1-6-7-15-12(2)17(24)20(18(15)25)9-8-13(21)10-14(22)11-16(23)26-19(3,4)5/h6-7,13,21H,8-11H2,1-5H3/b7-6-/t13-/m1/s1. The monoisotopic (exact) mass is 365 g/mol. The van der Waals surface area contributed by atoms with Crippen molar-refractivity contribution in [2.75, 3.05) is 6.54 Å². The second kappa shape index (κ2) is 8.89. The van der Waals surface area contributed by atoms with E-state index in [0.29, 0.717) is 11.1 Å². The van der Waals surface area contributed by atoms with Crippen LogP contribution in [0.1, 0.15) is 53.9 Å². The van der Waals surface area contributed by atoms with Gasteiger partial charge in [0.1, 0.15) is 17.8 Å². The quantitative estimate of drug-likeness (QED) is 0.399. The van der Waals surface area contributed by atoms with Crippen LogP contribution < -0.4 is 0 Å². The Hall–Kier alpha value is -2.28. The maximum atomic E-state index is 12.2. The van der Waals surface area contributed by atoms with Gasteiger partial charge >= 0.3 is 5.97 Å². The number of carbonyl (C=O) groups excluding carboxylic acids is 4. The van der Waals surface area contributed by atoms with Gasteiger partial charge in [0, 0.05) is 24.1 Å². The van der Waals surface area contributed by atoms with Crippen molar-refractivity contribution in [1.82, 2.24) is 4.90 Å². The van der Waals surface area contributed by atoms with Crippen LogP contribution >= 0.6 is 0 Å². The lowest BCUT2D eigenvalue weighted by atomic mass is 10.1. The van der Waals surface area contributed by atoms with Gasteiger partial charge in [-0.15, -0.1) is 0 Å². The molecule has 0 saturated carbocycles. The summed E-state index contributed by atoms with van der Waals surface area (Å²) in [6.07, 6.45) is 1.63. The van der Waals surface area contributed by atoms with Gasteiger partial charge in [-0.3, -0.25) is 24.1 Å². The highest BCUT2D eigenvalue weighted by Crippen LogP contribution is 2.22. The zero-order valence-corrected chi connectivity index (χ0v) is 16.0. The third-order valence-corrected chi connectivity index (χ3v) is 3.69. The SMILES string of the molecule is C/C=C\C1=C(C)C(=O)N(CC[C@@H](O)CC(=O)CC(=O)OC(C)(C)C)C1=O. The summed E-state index contributed by atoms with van der Waals surface area (Å²) < 4.78 is 5.05. The molecule has 0 aromatic heterocycles. The van der Waals surface area contributed by atoms with E-state index < -0.39 is 41.7 Å². The Morgan fingerprint density at radius 2 is 1.85 bits per heavy atom. The van der Waals surface area contributed by atoms with Crippen LogP contribution in [0, 0.1) is 0 Å². The molecule has 2 amide bonds. The van der Waals surface area contributed by atoms with Crippen LogP contribution in [0.3, 0.4) is 0 Å². The van der Waals surface area contributed by atoms with Gasteiger partial charge in [-0.25, -0.2) is 0 Å². The highest BCUT2D eigenvalue weighted by molar-refractivity contribution is 6.20. The van der Waals surface area contributed by atoms with Crippen LogP contribution in [0.15, 0.2) is 23.3 Å². The van der Waals surface area contributed by atoms with Gasteiger partial charge in [-0.1, -0.05) is 12.2 Å². The molecule has 0 bridgehead atoms. The maximum absolute atomic E-state index is 12.2. The van der Waals surface area contributed by atoms with Crippen molar-refractivity contribution < 1.29 is 29.0 Å². The van der Waals surface area contributed by atoms with Gasteiger partial charge in [0.05, 0.1) is 6.10 Å². The van der Waals surface area contributed by atoms with Gasteiger partial charge in [0.25, 0.3) is 11.8 Å². The predicted octanol–water partition coefficient (Wildman–Crippen LogP) is 1.69.